The minimum absolute atomic E-state index is 0.0590. The van der Waals surface area contributed by atoms with Gasteiger partial charge in [-0.3, -0.25) is 9.69 Å². The Labute approximate surface area is 193 Å². The molecule has 166 valence electrons. The maximum atomic E-state index is 13.0. The van der Waals surface area contributed by atoms with Gasteiger partial charge >= 0.3 is 0 Å². The van der Waals surface area contributed by atoms with Crippen molar-refractivity contribution in [2.45, 2.75) is 25.3 Å². The number of fused-ring (bicyclic) bond motifs is 3. The molecule has 0 aromatic heterocycles. The molecule has 1 saturated heterocycles. The van der Waals surface area contributed by atoms with Crippen molar-refractivity contribution >= 4 is 28.9 Å². The van der Waals surface area contributed by atoms with E-state index in [0.717, 1.165) is 55.5 Å². The molecule has 5 rings (SSSR count). The van der Waals surface area contributed by atoms with E-state index in [4.69, 9.17) is 16.3 Å². The quantitative estimate of drug-likeness (QED) is 0.702. The first-order valence-electron chi connectivity index (χ1n) is 11.1. The van der Waals surface area contributed by atoms with E-state index < -0.39 is 0 Å². The van der Waals surface area contributed by atoms with E-state index in [1.54, 1.807) is 13.2 Å². The lowest BCUT2D eigenvalue weighted by molar-refractivity contribution is 0.0709. The van der Waals surface area contributed by atoms with Crippen LogP contribution in [0, 0.1) is 5.92 Å². The van der Waals surface area contributed by atoms with E-state index in [-0.39, 0.29) is 11.8 Å². The van der Waals surface area contributed by atoms with Gasteiger partial charge in [-0.1, -0.05) is 23.7 Å². The highest BCUT2D eigenvalue weighted by Gasteiger charge is 2.38. The number of halogens is 1. The summed E-state index contributed by atoms with van der Waals surface area (Å²) in [7, 11) is 3.72. The first-order valence-corrected chi connectivity index (χ1v) is 11.5. The maximum absolute atomic E-state index is 13.0. The molecule has 1 amide bonds. The molecule has 0 radical (unpaired) electrons. The average molecular weight is 451 g/mol. The minimum Gasteiger partial charge on any atom is -0.497 e. The Morgan fingerprint density at radius 1 is 1.09 bits per heavy atom. The van der Waals surface area contributed by atoms with Crippen LogP contribution in [0.5, 0.6) is 5.75 Å². The van der Waals surface area contributed by atoms with Crippen LogP contribution in [0.3, 0.4) is 0 Å². The van der Waals surface area contributed by atoms with Crippen LogP contribution >= 0.6 is 11.6 Å². The number of ether oxygens (including phenoxy) is 1. The Bertz CT molecular complexity index is 1100. The molecule has 3 aliphatic rings. The number of hydrogen-bond acceptors (Lipinski definition) is 5. The fourth-order valence-electron chi connectivity index (χ4n) is 5.12. The van der Waals surface area contributed by atoms with Crippen LogP contribution in [0.1, 0.15) is 40.2 Å². The van der Waals surface area contributed by atoms with Gasteiger partial charge in [0.25, 0.3) is 5.91 Å². The molecule has 2 aromatic rings. The number of nitrogens with zero attached hydrogens (tertiary/aromatic N) is 4. The number of carbonyl (C=O) groups excluding carboxylic acids is 1. The first-order chi connectivity index (χ1) is 15.5. The highest BCUT2D eigenvalue weighted by Crippen LogP contribution is 2.37. The highest BCUT2D eigenvalue weighted by atomic mass is 35.5. The topological polar surface area (TPSA) is 57.5 Å². The summed E-state index contributed by atoms with van der Waals surface area (Å²) < 4.78 is 5.27. The lowest BCUT2D eigenvalue weighted by Gasteiger charge is -2.33. The second kappa shape index (κ2) is 8.68. The van der Waals surface area contributed by atoms with Crippen LogP contribution in [0.2, 0.25) is 5.02 Å². The molecule has 0 aliphatic carbocycles. The molecular weight excluding hydrogens is 424 g/mol. The zero-order chi connectivity index (χ0) is 22.2. The number of rotatable bonds is 3. The lowest BCUT2D eigenvalue weighted by atomic mass is 9.79. The molecule has 6 nitrogen and oxygen atoms in total. The maximum Gasteiger partial charge on any atom is 0.253 e. The van der Waals surface area contributed by atoms with Crippen molar-refractivity contribution in [3.63, 3.8) is 0 Å². The Morgan fingerprint density at radius 2 is 1.91 bits per heavy atom. The van der Waals surface area contributed by atoms with Crippen LogP contribution < -0.4 is 4.74 Å². The normalized spacial score (nSPS) is 21.3. The van der Waals surface area contributed by atoms with Gasteiger partial charge in [-0.25, -0.2) is 0 Å². The monoisotopic (exact) mass is 450 g/mol. The lowest BCUT2D eigenvalue weighted by Crippen LogP contribution is -2.41. The standard InChI is InChI=1S/C25H27ClN4O2/c1-29-14-18-12-19(26)6-7-21(18)23-22(15-29)27-28-24(23)16-8-10-30(11-9-16)25(31)17-4-3-5-20(13-17)32-2/h3-7,12-13,16,23H,8-11,14-15H2,1-2H3. The molecule has 0 N–H and O–H groups in total. The molecule has 1 atom stereocenters. The fraction of sp³-hybridized carbons (Fsp3) is 0.400. The summed E-state index contributed by atoms with van der Waals surface area (Å²) in [4.78, 5) is 17.2. The largest absolute Gasteiger partial charge is 0.497 e. The van der Waals surface area contributed by atoms with Gasteiger partial charge in [-0.2, -0.15) is 10.2 Å². The molecular formula is C25H27ClN4O2. The van der Waals surface area contributed by atoms with Crippen molar-refractivity contribution in [2.75, 3.05) is 33.8 Å². The van der Waals surface area contributed by atoms with Crippen molar-refractivity contribution in [2.24, 2.45) is 16.1 Å². The molecule has 3 aliphatic heterocycles. The average Bonchev–Trinajstić information content (AvgIpc) is 3.15. The first kappa shape index (κ1) is 21.2. The van der Waals surface area contributed by atoms with Crippen molar-refractivity contribution < 1.29 is 9.53 Å². The Hall–Kier alpha value is -2.70. The summed E-state index contributed by atoms with van der Waals surface area (Å²) in [5.74, 6) is 1.21. The summed E-state index contributed by atoms with van der Waals surface area (Å²) in [6.07, 6.45) is 1.79. The minimum atomic E-state index is 0.0590. The van der Waals surface area contributed by atoms with Crippen LogP contribution in [0.25, 0.3) is 0 Å². The number of likely N-dealkylation sites (tertiary alicyclic amines) is 1. The third-order valence-corrected chi connectivity index (χ3v) is 6.96. The number of hydrogen-bond donors (Lipinski definition) is 0. The van der Waals surface area contributed by atoms with Crippen LogP contribution in [0.15, 0.2) is 52.7 Å². The smallest absolute Gasteiger partial charge is 0.253 e. The van der Waals surface area contributed by atoms with E-state index in [2.05, 4.69) is 34.3 Å². The second-order valence-corrected chi connectivity index (χ2v) is 9.30. The van der Waals surface area contributed by atoms with Gasteiger partial charge in [0.2, 0.25) is 0 Å². The van der Waals surface area contributed by atoms with Crippen LogP contribution in [-0.2, 0) is 6.54 Å². The van der Waals surface area contributed by atoms with Crippen molar-refractivity contribution in [1.29, 1.82) is 0 Å². The van der Waals surface area contributed by atoms with Crippen LogP contribution in [-0.4, -0.2) is 60.9 Å². The molecule has 3 heterocycles. The summed E-state index contributed by atoms with van der Waals surface area (Å²) in [6.45, 7) is 3.09. The van der Waals surface area contributed by atoms with E-state index in [1.165, 1.54) is 11.1 Å². The van der Waals surface area contributed by atoms with Gasteiger partial charge in [0.15, 0.2) is 0 Å². The van der Waals surface area contributed by atoms with Crippen molar-refractivity contribution in [1.82, 2.24) is 9.80 Å². The molecule has 1 fully saturated rings. The Morgan fingerprint density at radius 3 is 2.69 bits per heavy atom. The molecule has 1 unspecified atom stereocenters. The van der Waals surface area contributed by atoms with Gasteiger partial charge in [0.05, 0.1) is 24.5 Å². The summed E-state index contributed by atoms with van der Waals surface area (Å²) >= 11 is 6.30. The molecule has 0 bridgehead atoms. The fourth-order valence-corrected chi connectivity index (χ4v) is 5.32. The molecule has 0 spiro atoms. The number of piperidine rings is 1. The molecule has 32 heavy (non-hydrogen) atoms. The van der Waals surface area contributed by atoms with Crippen molar-refractivity contribution in [3.05, 3.63) is 64.2 Å². The van der Waals surface area contributed by atoms with Gasteiger partial charge in [-0.15, -0.1) is 0 Å². The van der Waals surface area contributed by atoms with Gasteiger partial charge in [0, 0.05) is 42.7 Å². The highest BCUT2D eigenvalue weighted by molar-refractivity contribution is 6.30. The van der Waals surface area contributed by atoms with E-state index in [9.17, 15) is 4.79 Å². The summed E-state index contributed by atoms with van der Waals surface area (Å²) in [5, 5.41) is 10.0. The number of methoxy groups -OCH3 is 1. The Balaban J connectivity index is 1.32. The van der Waals surface area contributed by atoms with E-state index in [1.807, 2.05) is 29.2 Å². The van der Waals surface area contributed by atoms with E-state index in [0.29, 0.717) is 17.2 Å². The predicted molar refractivity (Wildman–Crippen MR) is 127 cm³/mol. The Kier molecular flexibility index (Phi) is 5.74. The molecule has 7 heteroatoms. The summed E-state index contributed by atoms with van der Waals surface area (Å²) in [5.41, 5.74) is 5.44. The third kappa shape index (κ3) is 3.93. The number of benzene rings is 2. The SMILES string of the molecule is COc1cccc(C(=O)N2CCC(C3=NN=C4CN(C)Cc5cc(Cl)ccc5C43)CC2)c1. The second-order valence-electron chi connectivity index (χ2n) is 8.86. The summed E-state index contributed by atoms with van der Waals surface area (Å²) in [6, 6.07) is 13.5. The third-order valence-electron chi connectivity index (χ3n) is 6.73. The van der Waals surface area contributed by atoms with Crippen LogP contribution in [0.4, 0.5) is 0 Å². The zero-order valence-corrected chi connectivity index (χ0v) is 19.2. The van der Waals surface area contributed by atoms with Gasteiger partial charge in [-0.05, 0) is 61.3 Å². The number of carbonyl (C=O) groups is 1. The zero-order valence-electron chi connectivity index (χ0n) is 18.4. The molecule has 0 saturated carbocycles. The predicted octanol–water partition coefficient (Wildman–Crippen LogP) is 4.24. The van der Waals surface area contributed by atoms with Crippen molar-refractivity contribution in [3.8, 4) is 5.75 Å². The van der Waals surface area contributed by atoms with Gasteiger partial charge < -0.3 is 9.64 Å². The van der Waals surface area contributed by atoms with Gasteiger partial charge in [0.1, 0.15) is 5.75 Å². The molecule has 2 aromatic carbocycles. The van der Waals surface area contributed by atoms with E-state index >= 15 is 0 Å². The number of amides is 1.